The molecule has 1 aliphatic heterocycles. The molecule has 11 heteroatoms. The lowest BCUT2D eigenvalue weighted by molar-refractivity contribution is -0.120. The highest BCUT2D eigenvalue weighted by molar-refractivity contribution is 8.04. The maximum atomic E-state index is 13.8. The third-order valence-electron chi connectivity index (χ3n) is 6.20. The zero-order chi connectivity index (χ0) is 29.8. The van der Waals surface area contributed by atoms with Gasteiger partial charge in [-0.1, -0.05) is 17.8 Å². The zero-order valence-electron chi connectivity index (χ0n) is 22.3. The third kappa shape index (κ3) is 5.96. The summed E-state index contributed by atoms with van der Waals surface area (Å²) in [6.45, 7) is 0. The van der Waals surface area contributed by atoms with Crippen molar-refractivity contribution in [1.82, 2.24) is 0 Å². The van der Waals surface area contributed by atoms with Gasteiger partial charge in [0.25, 0.3) is 17.7 Å². The number of halogens is 2. The molecule has 3 amide bonds. The molecule has 0 fully saturated rings. The van der Waals surface area contributed by atoms with Crippen LogP contribution in [0.15, 0.2) is 106 Å². The Labute approximate surface area is 243 Å². The van der Waals surface area contributed by atoms with Crippen LogP contribution in [0.2, 0.25) is 0 Å². The Morgan fingerprint density at radius 2 is 1.48 bits per heavy atom. The van der Waals surface area contributed by atoms with Crippen LogP contribution in [0, 0.1) is 11.6 Å². The molecular weight excluding hydrogens is 564 g/mol. The molecule has 0 aromatic heterocycles. The van der Waals surface area contributed by atoms with E-state index in [1.807, 2.05) is 0 Å². The van der Waals surface area contributed by atoms with Gasteiger partial charge in [-0.25, -0.2) is 13.7 Å². The van der Waals surface area contributed by atoms with Crippen molar-refractivity contribution in [3.8, 4) is 11.5 Å². The summed E-state index contributed by atoms with van der Waals surface area (Å²) in [6, 6.07) is 21.9. The minimum atomic E-state index is -0.643. The molecule has 0 radical (unpaired) electrons. The Kier molecular flexibility index (Phi) is 8.21. The summed E-state index contributed by atoms with van der Waals surface area (Å²) in [5, 5.41) is 5.71. The molecule has 0 atom stereocenters. The maximum Gasteiger partial charge on any atom is 0.283 e. The monoisotopic (exact) mass is 587 g/mol. The average Bonchev–Trinajstić information content (AvgIpc) is 3.22. The van der Waals surface area contributed by atoms with Gasteiger partial charge in [-0.2, -0.15) is 0 Å². The van der Waals surface area contributed by atoms with Gasteiger partial charge in [-0.15, -0.1) is 0 Å². The van der Waals surface area contributed by atoms with Gasteiger partial charge < -0.3 is 20.1 Å². The normalized spacial score (nSPS) is 12.9. The minimum absolute atomic E-state index is 0.0183. The second-order valence-corrected chi connectivity index (χ2v) is 9.99. The number of anilines is 3. The van der Waals surface area contributed by atoms with E-state index in [1.165, 1.54) is 62.8 Å². The Bertz CT molecular complexity index is 1710. The number of methoxy groups -OCH3 is 2. The van der Waals surface area contributed by atoms with Gasteiger partial charge in [0.2, 0.25) is 0 Å². The van der Waals surface area contributed by atoms with Crippen LogP contribution >= 0.6 is 11.8 Å². The maximum absolute atomic E-state index is 13.8. The lowest BCUT2D eigenvalue weighted by Crippen LogP contribution is -2.32. The highest BCUT2D eigenvalue weighted by atomic mass is 32.2. The molecule has 4 aromatic rings. The lowest BCUT2D eigenvalue weighted by Gasteiger charge is -2.19. The predicted octanol–water partition coefficient (Wildman–Crippen LogP) is 6.22. The van der Waals surface area contributed by atoms with Crippen molar-refractivity contribution in [3.63, 3.8) is 0 Å². The van der Waals surface area contributed by atoms with Crippen LogP contribution in [-0.2, 0) is 9.59 Å². The molecule has 42 heavy (non-hydrogen) atoms. The number of hydrogen-bond acceptors (Lipinski definition) is 7. The molecule has 1 aliphatic rings. The fourth-order valence-electron chi connectivity index (χ4n) is 4.14. The molecule has 5 rings (SSSR count). The van der Waals surface area contributed by atoms with Crippen LogP contribution in [0.1, 0.15) is 10.4 Å². The van der Waals surface area contributed by atoms with Crippen molar-refractivity contribution in [1.29, 1.82) is 0 Å². The first-order valence-corrected chi connectivity index (χ1v) is 13.3. The van der Waals surface area contributed by atoms with Gasteiger partial charge in [0.05, 0.1) is 19.9 Å². The van der Waals surface area contributed by atoms with Crippen molar-refractivity contribution in [2.75, 3.05) is 29.8 Å². The van der Waals surface area contributed by atoms with E-state index in [9.17, 15) is 23.2 Å². The summed E-state index contributed by atoms with van der Waals surface area (Å²) in [5.41, 5.74) is 1.28. The summed E-state index contributed by atoms with van der Waals surface area (Å²) in [7, 11) is 2.90. The molecule has 0 spiro atoms. The number of hydrogen-bond donors (Lipinski definition) is 2. The van der Waals surface area contributed by atoms with Crippen LogP contribution in [0.5, 0.6) is 11.5 Å². The van der Waals surface area contributed by atoms with Crippen LogP contribution in [0.3, 0.4) is 0 Å². The predicted molar refractivity (Wildman–Crippen MR) is 156 cm³/mol. The van der Waals surface area contributed by atoms with E-state index in [4.69, 9.17) is 9.47 Å². The number of nitrogens with one attached hydrogen (secondary N) is 2. The van der Waals surface area contributed by atoms with Crippen molar-refractivity contribution in [2.45, 2.75) is 4.90 Å². The number of ether oxygens (including phenoxy) is 2. The molecule has 0 aliphatic carbocycles. The van der Waals surface area contributed by atoms with E-state index in [1.54, 1.807) is 42.5 Å². The second kappa shape index (κ2) is 12.1. The number of carbonyl (C=O) groups is 3. The number of rotatable bonds is 9. The SMILES string of the molecule is COc1ccc(N2C(=O)C(Nc3ccc(F)cc3)=C(Sc3cccc(NC(=O)c4ccc(F)cc4)c3)C2=O)c(OC)c1. The highest BCUT2D eigenvalue weighted by Gasteiger charge is 2.41. The van der Waals surface area contributed by atoms with Gasteiger partial charge in [-0.3, -0.25) is 14.4 Å². The Morgan fingerprint density at radius 3 is 2.14 bits per heavy atom. The van der Waals surface area contributed by atoms with Gasteiger partial charge in [0.15, 0.2) is 0 Å². The third-order valence-corrected chi connectivity index (χ3v) is 7.27. The molecule has 0 unspecified atom stereocenters. The summed E-state index contributed by atoms with van der Waals surface area (Å²) >= 11 is 1.02. The standard InChI is InChI=1S/C31H23F2N3O5S/c1-40-23-14-15-25(26(17-23)41-2)36-30(38)27(34-21-12-10-20(33)11-13-21)28(31(36)39)42-24-5-3-4-22(16-24)35-29(37)18-6-8-19(32)9-7-18/h3-17,34H,1-2H3,(H,35,37). The van der Waals surface area contributed by atoms with Gasteiger partial charge >= 0.3 is 0 Å². The first kappa shape index (κ1) is 28.4. The Hall–Kier alpha value is -5.16. The topological polar surface area (TPSA) is 97.0 Å². The first-order valence-electron chi connectivity index (χ1n) is 12.5. The van der Waals surface area contributed by atoms with E-state index in [2.05, 4.69) is 10.6 Å². The number of nitrogens with zero attached hydrogens (tertiary/aromatic N) is 1. The van der Waals surface area contributed by atoms with Crippen LogP contribution in [0.25, 0.3) is 0 Å². The molecule has 0 saturated carbocycles. The number of carbonyl (C=O) groups excluding carboxylic acids is 3. The highest BCUT2D eigenvalue weighted by Crippen LogP contribution is 2.42. The smallest absolute Gasteiger partial charge is 0.283 e. The van der Waals surface area contributed by atoms with Crippen molar-refractivity contribution < 1.29 is 32.6 Å². The first-order chi connectivity index (χ1) is 20.3. The number of benzene rings is 4. The van der Waals surface area contributed by atoms with Crippen molar-refractivity contribution >= 4 is 46.5 Å². The minimum Gasteiger partial charge on any atom is -0.497 e. The van der Waals surface area contributed by atoms with E-state index in [0.717, 1.165) is 16.7 Å². The molecule has 8 nitrogen and oxygen atoms in total. The number of imide groups is 1. The lowest BCUT2D eigenvalue weighted by atomic mass is 10.2. The number of amides is 3. The molecule has 4 aromatic carbocycles. The van der Waals surface area contributed by atoms with E-state index in [0.29, 0.717) is 22.0 Å². The zero-order valence-corrected chi connectivity index (χ0v) is 23.1. The summed E-state index contributed by atoms with van der Waals surface area (Å²) < 4.78 is 37.5. The van der Waals surface area contributed by atoms with Gasteiger partial charge in [0, 0.05) is 27.9 Å². The van der Waals surface area contributed by atoms with Crippen LogP contribution in [-0.4, -0.2) is 31.9 Å². The average molecular weight is 588 g/mol. The molecule has 2 N–H and O–H groups in total. The fourth-order valence-corrected chi connectivity index (χ4v) is 5.13. The van der Waals surface area contributed by atoms with Gasteiger partial charge in [0.1, 0.15) is 33.7 Å². The molecule has 0 saturated heterocycles. The molecule has 0 bridgehead atoms. The van der Waals surface area contributed by atoms with E-state index < -0.39 is 29.4 Å². The van der Waals surface area contributed by atoms with Crippen LogP contribution in [0.4, 0.5) is 25.8 Å². The largest absolute Gasteiger partial charge is 0.497 e. The van der Waals surface area contributed by atoms with E-state index >= 15 is 0 Å². The van der Waals surface area contributed by atoms with Gasteiger partial charge in [-0.05, 0) is 78.9 Å². The van der Waals surface area contributed by atoms with E-state index in [-0.39, 0.29) is 27.6 Å². The number of thioether (sulfide) groups is 1. The fraction of sp³-hybridized carbons (Fsp3) is 0.0645. The Balaban J connectivity index is 1.48. The molecule has 212 valence electrons. The summed E-state index contributed by atoms with van der Waals surface area (Å²) in [4.78, 5) is 41.8. The second-order valence-electron chi connectivity index (χ2n) is 8.91. The molecular formula is C31H23F2N3O5S. The summed E-state index contributed by atoms with van der Waals surface area (Å²) in [6.07, 6.45) is 0. The van der Waals surface area contributed by atoms with Crippen molar-refractivity contribution in [3.05, 3.63) is 119 Å². The van der Waals surface area contributed by atoms with Crippen LogP contribution < -0.4 is 25.0 Å². The quantitative estimate of drug-likeness (QED) is 0.224. The van der Waals surface area contributed by atoms with Crippen molar-refractivity contribution in [2.24, 2.45) is 0 Å². The molecule has 1 heterocycles. The summed E-state index contributed by atoms with van der Waals surface area (Å²) in [5.74, 6) is -1.90. The Morgan fingerprint density at radius 1 is 0.786 bits per heavy atom.